The van der Waals surface area contributed by atoms with E-state index in [-0.39, 0.29) is 12.7 Å². The Balaban J connectivity index is 1.80. The van der Waals surface area contributed by atoms with Gasteiger partial charge in [0.25, 0.3) is 0 Å². The van der Waals surface area contributed by atoms with Gasteiger partial charge in [0, 0.05) is 18.8 Å². The van der Waals surface area contributed by atoms with Crippen LogP contribution in [0.1, 0.15) is 12.6 Å². The molecule has 3 aromatic rings. The number of imidazole rings is 1. The van der Waals surface area contributed by atoms with Crippen molar-refractivity contribution in [2.45, 2.75) is 24.9 Å². The summed E-state index contributed by atoms with van der Waals surface area (Å²) in [5, 5.41) is 19.3. The number of aliphatic hydroxyl groups excluding tert-OH is 2. The largest absolute Gasteiger partial charge is 0.394 e. The summed E-state index contributed by atoms with van der Waals surface area (Å²) in [6.07, 6.45) is 5.50. The van der Waals surface area contributed by atoms with E-state index in [0.717, 1.165) is 0 Å². The maximum Gasteiger partial charge on any atom is 0.168 e. The van der Waals surface area contributed by atoms with Crippen molar-refractivity contribution in [3.8, 4) is 5.82 Å². The van der Waals surface area contributed by atoms with Gasteiger partial charge in [-0.15, -0.1) is 0 Å². The van der Waals surface area contributed by atoms with Gasteiger partial charge in [-0.1, -0.05) is 0 Å². The fourth-order valence-electron chi connectivity index (χ4n) is 2.79. The highest BCUT2D eigenvalue weighted by Crippen LogP contribution is 2.31. The number of aliphatic hydroxyl groups is 2. The average Bonchev–Trinajstić information content (AvgIpc) is 3.25. The minimum Gasteiger partial charge on any atom is -0.394 e. The van der Waals surface area contributed by atoms with E-state index in [4.69, 9.17) is 4.74 Å². The van der Waals surface area contributed by atoms with Gasteiger partial charge in [0.05, 0.1) is 19.0 Å². The SMILES string of the molecule is OCC1C[C@@H](O)C(n2cnc3c(-n4cccc4)ncnc32)O1. The lowest BCUT2D eigenvalue weighted by atomic mass is 10.2. The summed E-state index contributed by atoms with van der Waals surface area (Å²) in [6.45, 7) is -0.121. The first-order valence-corrected chi connectivity index (χ1v) is 7.03. The molecule has 22 heavy (non-hydrogen) atoms. The lowest BCUT2D eigenvalue weighted by Gasteiger charge is -2.16. The molecular weight excluding hydrogens is 286 g/mol. The molecule has 0 aromatic carbocycles. The van der Waals surface area contributed by atoms with Crippen LogP contribution in [0.4, 0.5) is 0 Å². The molecule has 0 aliphatic carbocycles. The second-order valence-electron chi connectivity index (χ2n) is 5.25. The van der Waals surface area contributed by atoms with E-state index in [1.54, 1.807) is 10.9 Å². The number of nitrogens with zero attached hydrogens (tertiary/aromatic N) is 5. The second-order valence-corrected chi connectivity index (χ2v) is 5.25. The van der Waals surface area contributed by atoms with Crippen LogP contribution in [0.5, 0.6) is 0 Å². The molecular formula is C14H15N5O3. The molecule has 0 spiro atoms. The number of hydrogen-bond donors (Lipinski definition) is 2. The molecule has 0 radical (unpaired) electrons. The zero-order valence-electron chi connectivity index (χ0n) is 11.6. The third-order valence-electron chi connectivity index (χ3n) is 3.83. The highest BCUT2D eigenvalue weighted by atomic mass is 16.5. The Bertz CT molecular complexity index is 785. The van der Waals surface area contributed by atoms with Crippen molar-refractivity contribution in [3.05, 3.63) is 37.2 Å². The van der Waals surface area contributed by atoms with Gasteiger partial charge in [-0.05, 0) is 12.1 Å². The normalized spacial score (nSPS) is 25.1. The average molecular weight is 301 g/mol. The van der Waals surface area contributed by atoms with Gasteiger partial charge in [-0.3, -0.25) is 4.57 Å². The van der Waals surface area contributed by atoms with Crippen LogP contribution in [0.25, 0.3) is 17.0 Å². The van der Waals surface area contributed by atoms with Crippen molar-refractivity contribution < 1.29 is 14.9 Å². The highest BCUT2D eigenvalue weighted by Gasteiger charge is 2.36. The summed E-state index contributed by atoms with van der Waals surface area (Å²) in [4.78, 5) is 12.9. The molecule has 3 atom stereocenters. The van der Waals surface area contributed by atoms with Crippen molar-refractivity contribution in [2.24, 2.45) is 0 Å². The highest BCUT2D eigenvalue weighted by molar-refractivity contribution is 5.78. The first kappa shape index (κ1) is 13.4. The van der Waals surface area contributed by atoms with E-state index in [9.17, 15) is 10.2 Å². The van der Waals surface area contributed by atoms with Gasteiger partial charge in [0.15, 0.2) is 23.2 Å². The van der Waals surface area contributed by atoms with Gasteiger partial charge >= 0.3 is 0 Å². The Kier molecular flexibility index (Phi) is 3.14. The van der Waals surface area contributed by atoms with Gasteiger partial charge in [0.2, 0.25) is 0 Å². The molecule has 1 aliphatic heterocycles. The molecule has 8 nitrogen and oxygen atoms in total. The predicted octanol–water partition coefficient (Wildman–Crippen LogP) is 0.258. The van der Waals surface area contributed by atoms with Gasteiger partial charge in [-0.25, -0.2) is 15.0 Å². The Labute approximate surface area is 125 Å². The van der Waals surface area contributed by atoms with Crippen LogP contribution >= 0.6 is 0 Å². The second kappa shape index (κ2) is 5.16. The van der Waals surface area contributed by atoms with Crippen LogP contribution in [-0.4, -0.2) is 53.1 Å². The molecule has 8 heteroatoms. The van der Waals surface area contributed by atoms with E-state index in [1.165, 1.54) is 6.33 Å². The molecule has 2 unspecified atom stereocenters. The molecule has 1 fully saturated rings. The Morgan fingerprint density at radius 2 is 2.05 bits per heavy atom. The quantitative estimate of drug-likeness (QED) is 0.720. The smallest absolute Gasteiger partial charge is 0.168 e. The Hall–Kier alpha value is -2.29. The molecule has 0 bridgehead atoms. The van der Waals surface area contributed by atoms with Crippen LogP contribution in [0, 0.1) is 0 Å². The topological polar surface area (TPSA) is 98.2 Å². The maximum absolute atomic E-state index is 10.1. The minimum atomic E-state index is -0.709. The van der Waals surface area contributed by atoms with Crippen LogP contribution < -0.4 is 0 Å². The fourth-order valence-corrected chi connectivity index (χ4v) is 2.79. The van der Waals surface area contributed by atoms with Crippen molar-refractivity contribution in [2.75, 3.05) is 6.61 Å². The lowest BCUT2D eigenvalue weighted by Crippen LogP contribution is -2.19. The van der Waals surface area contributed by atoms with E-state index in [0.29, 0.717) is 23.4 Å². The summed E-state index contributed by atoms with van der Waals surface area (Å²) >= 11 is 0. The minimum absolute atomic E-state index is 0.121. The number of aromatic nitrogens is 5. The van der Waals surface area contributed by atoms with Gasteiger partial charge < -0.3 is 19.5 Å². The molecule has 4 rings (SSSR count). The molecule has 2 N–H and O–H groups in total. The Morgan fingerprint density at radius 1 is 1.23 bits per heavy atom. The summed E-state index contributed by atoms with van der Waals surface area (Å²) in [7, 11) is 0. The molecule has 4 heterocycles. The first-order chi connectivity index (χ1) is 10.8. The van der Waals surface area contributed by atoms with Crippen molar-refractivity contribution >= 4 is 11.2 Å². The molecule has 3 aromatic heterocycles. The third-order valence-corrected chi connectivity index (χ3v) is 3.83. The number of fused-ring (bicyclic) bond motifs is 1. The number of rotatable bonds is 3. The lowest BCUT2D eigenvalue weighted by molar-refractivity contribution is -0.0486. The third kappa shape index (κ3) is 2.00. The molecule has 0 amide bonds. The first-order valence-electron chi connectivity index (χ1n) is 7.03. The van der Waals surface area contributed by atoms with E-state index in [1.807, 2.05) is 29.1 Å². The van der Waals surface area contributed by atoms with Crippen molar-refractivity contribution in [1.82, 2.24) is 24.1 Å². The van der Waals surface area contributed by atoms with E-state index in [2.05, 4.69) is 15.0 Å². The summed E-state index contributed by atoms with van der Waals surface area (Å²) in [6, 6.07) is 3.81. The number of hydrogen-bond acceptors (Lipinski definition) is 6. The Morgan fingerprint density at radius 3 is 2.77 bits per heavy atom. The molecule has 114 valence electrons. The van der Waals surface area contributed by atoms with Gasteiger partial charge in [0.1, 0.15) is 12.4 Å². The fraction of sp³-hybridized carbons (Fsp3) is 0.357. The molecule has 1 saturated heterocycles. The standard InChI is InChI=1S/C14H15N5O3/c20-6-9-5-10(21)14(22-9)19-8-17-11-12(15-7-16-13(11)19)18-3-1-2-4-18/h1-4,7-10,14,20-21H,5-6H2/t9?,10-,14?/m1/s1. The molecule has 1 aliphatic rings. The van der Waals surface area contributed by atoms with Crippen molar-refractivity contribution in [1.29, 1.82) is 0 Å². The molecule has 0 saturated carbocycles. The monoisotopic (exact) mass is 301 g/mol. The van der Waals surface area contributed by atoms with Crippen LogP contribution in [0.2, 0.25) is 0 Å². The number of ether oxygens (including phenoxy) is 1. The van der Waals surface area contributed by atoms with Crippen LogP contribution in [0.3, 0.4) is 0 Å². The van der Waals surface area contributed by atoms with E-state index >= 15 is 0 Å². The van der Waals surface area contributed by atoms with Crippen LogP contribution in [0.15, 0.2) is 37.2 Å². The van der Waals surface area contributed by atoms with E-state index < -0.39 is 12.3 Å². The summed E-state index contributed by atoms with van der Waals surface area (Å²) in [5.41, 5.74) is 1.21. The summed E-state index contributed by atoms with van der Waals surface area (Å²) < 4.78 is 9.20. The predicted molar refractivity (Wildman–Crippen MR) is 76.3 cm³/mol. The zero-order valence-corrected chi connectivity index (χ0v) is 11.6. The maximum atomic E-state index is 10.1. The van der Waals surface area contributed by atoms with Gasteiger partial charge in [-0.2, -0.15) is 0 Å². The summed E-state index contributed by atoms with van der Waals surface area (Å²) in [5.74, 6) is 0.667. The zero-order chi connectivity index (χ0) is 15.1. The van der Waals surface area contributed by atoms with Crippen LogP contribution in [-0.2, 0) is 4.74 Å². The van der Waals surface area contributed by atoms with Crippen molar-refractivity contribution in [3.63, 3.8) is 0 Å².